The van der Waals surface area contributed by atoms with Gasteiger partial charge in [-0.1, -0.05) is 19.8 Å². The van der Waals surface area contributed by atoms with Gasteiger partial charge in [0.05, 0.1) is 10.2 Å². The zero-order valence-corrected chi connectivity index (χ0v) is 10.2. The van der Waals surface area contributed by atoms with Crippen molar-refractivity contribution in [3.8, 4) is 0 Å². The van der Waals surface area contributed by atoms with Gasteiger partial charge in [-0.25, -0.2) is 8.78 Å². The Morgan fingerprint density at radius 3 is 2.60 bits per heavy atom. The van der Waals surface area contributed by atoms with Crippen molar-refractivity contribution in [3.63, 3.8) is 0 Å². The largest absolute Gasteiger partial charge is 0.383 e. The molecule has 1 aromatic carbocycles. The number of rotatable bonds is 5. The summed E-state index contributed by atoms with van der Waals surface area (Å²) in [5.41, 5.74) is 0.229. The third-order valence-corrected chi connectivity index (χ3v) is 2.71. The van der Waals surface area contributed by atoms with E-state index < -0.39 is 11.6 Å². The molecule has 0 aromatic heterocycles. The first-order chi connectivity index (χ1) is 7.15. The fourth-order valence-corrected chi connectivity index (χ4v) is 1.57. The lowest BCUT2D eigenvalue weighted by Crippen LogP contribution is -2.03. The van der Waals surface area contributed by atoms with Gasteiger partial charge in [0.15, 0.2) is 0 Å². The van der Waals surface area contributed by atoms with E-state index in [0.717, 1.165) is 25.3 Å². The van der Waals surface area contributed by atoms with Crippen molar-refractivity contribution in [1.29, 1.82) is 0 Å². The van der Waals surface area contributed by atoms with Crippen molar-refractivity contribution in [2.75, 3.05) is 11.9 Å². The summed E-state index contributed by atoms with van der Waals surface area (Å²) in [4.78, 5) is 0. The summed E-state index contributed by atoms with van der Waals surface area (Å²) in [5.74, 6) is -0.880. The van der Waals surface area contributed by atoms with Crippen LogP contribution >= 0.6 is 15.9 Å². The third-order valence-electron chi connectivity index (χ3n) is 2.11. The molecular formula is C11H14BrF2N. The quantitative estimate of drug-likeness (QED) is 0.624. The van der Waals surface area contributed by atoms with E-state index in [-0.39, 0.29) is 10.2 Å². The summed E-state index contributed by atoms with van der Waals surface area (Å²) >= 11 is 2.93. The molecule has 1 aromatic rings. The Morgan fingerprint density at radius 2 is 1.93 bits per heavy atom. The Labute approximate surface area is 97.0 Å². The first-order valence-corrected chi connectivity index (χ1v) is 5.83. The molecule has 0 amide bonds. The molecule has 0 saturated heterocycles. The summed E-state index contributed by atoms with van der Waals surface area (Å²) in [7, 11) is 0. The van der Waals surface area contributed by atoms with Crippen LogP contribution in [0.5, 0.6) is 0 Å². The van der Waals surface area contributed by atoms with Crippen molar-refractivity contribution in [1.82, 2.24) is 0 Å². The van der Waals surface area contributed by atoms with Crippen LogP contribution in [-0.4, -0.2) is 6.54 Å². The Balaban J connectivity index is 2.57. The van der Waals surface area contributed by atoms with E-state index in [2.05, 4.69) is 28.2 Å². The molecule has 0 atom stereocenters. The molecule has 0 fully saturated rings. The number of unbranched alkanes of at least 4 members (excludes halogenated alkanes) is 2. The van der Waals surface area contributed by atoms with E-state index in [4.69, 9.17) is 0 Å². The molecule has 4 heteroatoms. The van der Waals surface area contributed by atoms with Gasteiger partial charge >= 0.3 is 0 Å². The van der Waals surface area contributed by atoms with E-state index in [9.17, 15) is 8.78 Å². The maximum atomic E-state index is 13.3. The number of hydrogen-bond acceptors (Lipinski definition) is 1. The Hall–Kier alpha value is -0.640. The first kappa shape index (κ1) is 12.4. The second-order valence-electron chi connectivity index (χ2n) is 3.38. The number of anilines is 1. The molecule has 0 radical (unpaired) electrons. The van der Waals surface area contributed by atoms with E-state index >= 15 is 0 Å². The van der Waals surface area contributed by atoms with E-state index in [1.54, 1.807) is 0 Å². The monoisotopic (exact) mass is 277 g/mol. The second-order valence-corrected chi connectivity index (χ2v) is 4.23. The van der Waals surface area contributed by atoms with E-state index in [1.807, 2.05) is 0 Å². The van der Waals surface area contributed by atoms with Gasteiger partial charge in [0.1, 0.15) is 11.6 Å². The first-order valence-electron chi connectivity index (χ1n) is 5.03. The van der Waals surface area contributed by atoms with Gasteiger partial charge < -0.3 is 5.32 Å². The maximum absolute atomic E-state index is 13.3. The lowest BCUT2D eigenvalue weighted by Gasteiger charge is -2.07. The van der Waals surface area contributed by atoms with E-state index in [0.29, 0.717) is 6.54 Å². The number of hydrogen-bond donors (Lipinski definition) is 1. The number of benzene rings is 1. The Kier molecular flexibility index (Phi) is 5.02. The SMILES string of the molecule is CCCCCNc1cc(F)c(Br)cc1F. The zero-order valence-electron chi connectivity index (χ0n) is 8.62. The van der Waals surface area contributed by atoms with Gasteiger partial charge in [-0.2, -0.15) is 0 Å². The number of nitrogens with one attached hydrogen (secondary N) is 1. The number of halogens is 3. The summed E-state index contributed by atoms with van der Waals surface area (Å²) in [6.07, 6.45) is 3.17. The van der Waals surface area contributed by atoms with Crippen LogP contribution in [0.4, 0.5) is 14.5 Å². The van der Waals surface area contributed by atoms with Crippen molar-refractivity contribution in [2.45, 2.75) is 26.2 Å². The average Bonchev–Trinajstić information content (AvgIpc) is 2.20. The summed E-state index contributed by atoms with van der Waals surface area (Å²) in [6.45, 7) is 2.77. The highest BCUT2D eigenvalue weighted by Crippen LogP contribution is 2.23. The fourth-order valence-electron chi connectivity index (χ4n) is 1.26. The van der Waals surface area contributed by atoms with Crippen molar-refractivity contribution in [3.05, 3.63) is 28.2 Å². The summed E-state index contributed by atoms with van der Waals surface area (Å²) < 4.78 is 26.5. The molecule has 0 aliphatic heterocycles. The Morgan fingerprint density at radius 1 is 1.20 bits per heavy atom. The smallest absolute Gasteiger partial charge is 0.147 e. The van der Waals surface area contributed by atoms with Crippen LogP contribution in [0.15, 0.2) is 16.6 Å². The van der Waals surface area contributed by atoms with Crippen LogP contribution in [0.1, 0.15) is 26.2 Å². The van der Waals surface area contributed by atoms with Gasteiger partial charge in [0.25, 0.3) is 0 Å². The van der Waals surface area contributed by atoms with Gasteiger partial charge in [-0.05, 0) is 28.4 Å². The van der Waals surface area contributed by atoms with Crippen LogP contribution in [0.25, 0.3) is 0 Å². The molecular weight excluding hydrogens is 264 g/mol. The van der Waals surface area contributed by atoms with Crippen LogP contribution in [0, 0.1) is 11.6 Å². The van der Waals surface area contributed by atoms with Crippen molar-refractivity contribution < 1.29 is 8.78 Å². The molecule has 0 aliphatic carbocycles. The molecule has 84 valence electrons. The molecule has 0 unspecified atom stereocenters. The zero-order chi connectivity index (χ0) is 11.3. The predicted octanol–water partition coefficient (Wildman–Crippen LogP) is 4.33. The van der Waals surface area contributed by atoms with Gasteiger partial charge in [-0.3, -0.25) is 0 Å². The normalized spacial score (nSPS) is 10.4. The molecule has 1 rings (SSSR count). The van der Waals surface area contributed by atoms with Crippen LogP contribution in [0.2, 0.25) is 0 Å². The van der Waals surface area contributed by atoms with Gasteiger partial charge in [0.2, 0.25) is 0 Å². The Bertz CT molecular complexity index is 329. The van der Waals surface area contributed by atoms with Crippen molar-refractivity contribution >= 4 is 21.6 Å². The molecule has 15 heavy (non-hydrogen) atoms. The predicted molar refractivity (Wildman–Crippen MR) is 62.1 cm³/mol. The standard InChI is InChI=1S/C11H14BrF2N/c1-2-3-4-5-15-11-7-9(13)8(12)6-10(11)14/h6-7,15H,2-5H2,1H3. The lowest BCUT2D eigenvalue weighted by molar-refractivity contribution is 0.596. The second kappa shape index (κ2) is 6.05. The van der Waals surface area contributed by atoms with Gasteiger partial charge in [0, 0.05) is 12.6 Å². The maximum Gasteiger partial charge on any atom is 0.147 e. The van der Waals surface area contributed by atoms with Crippen LogP contribution in [-0.2, 0) is 0 Å². The molecule has 1 N–H and O–H groups in total. The van der Waals surface area contributed by atoms with Crippen LogP contribution in [0.3, 0.4) is 0 Å². The highest BCUT2D eigenvalue weighted by atomic mass is 79.9. The molecule has 0 heterocycles. The minimum atomic E-state index is -0.450. The molecule has 0 bridgehead atoms. The fraction of sp³-hybridized carbons (Fsp3) is 0.455. The molecule has 0 aliphatic rings. The van der Waals surface area contributed by atoms with Crippen LogP contribution < -0.4 is 5.32 Å². The lowest BCUT2D eigenvalue weighted by atomic mass is 10.2. The summed E-state index contributed by atoms with van der Waals surface area (Å²) in [5, 5.41) is 2.88. The third kappa shape index (κ3) is 3.78. The molecule has 1 nitrogen and oxygen atoms in total. The van der Waals surface area contributed by atoms with Gasteiger partial charge in [-0.15, -0.1) is 0 Å². The highest BCUT2D eigenvalue weighted by Gasteiger charge is 2.07. The summed E-state index contributed by atoms with van der Waals surface area (Å²) in [6, 6.07) is 2.31. The minimum absolute atomic E-state index is 0.152. The average molecular weight is 278 g/mol. The molecule has 0 saturated carbocycles. The van der Waals surface area contributed by atoms with E-state index in [1.165, 1.54) is 6.07 Å². The highest BCUT2D eigenvalue weighted by molar-refractivity contribution is 9.10. The topological polar surface area (TPSA) is 12.0 Å². The van der Waals surface area contributed by atoms with Crippen molar-refractivity contribution in [2.24, 2.45) is 0 Å². The molecule has 0 spiro atoms. The minimum Gasteiger partial charge on any atom is -0.383 e.